The minimum atomic E-state index is -0.138. The van der Waals surface area contributed by atoms with Gasteiger partial charge in [0.25, 0.3) is 0 Å². The second-order valence-corrected chi connectivity index (χ2v) is 8.50. The van der Waals surface area contributed by atoms with Crippen LogP contribution < -0.4 is 5.73 Å². The molecular weight excluding hydrogens is 340 g/mol. The fourth-order valence-corrected chi connectivity index (χ4v) is 4.93. The molecule has 3 saturated heterocycles. The van der Waals surface area contributed by atoms with Crippen molar-refractivity contribution in [2.75, 3.05) is 46.3 Å². The van der Waals surface area contributed by atoms with Gasteiger partial charge in [0, 0.05) is 52.2 Å². The number of nitrogens with zero attached hydrogens (tertiary/aromatic N) is 3. The zero-order valence-corrected chi connectivity index (χ0v) is 16.1. The maximum atomic E-state index is 12.7. The fourth-order valence-electron chi connectivity index (χ4n) is 4.93. The van der Waals surface area contributed by atoms with Gasteiger partial charge < -0.3 is 20.4 Å². The van der Waals surface area contributed by atoms with Gasteiger partial charge >= 0.3 is 0 Å². The molecular formula is C21H30N4O2. The van der Waals surface area contributed by atoms with Gasteiger partial charge in [-0.05, 0) is 30.4 Å². The lowest BCUT2D eigenvalue weighted by Gasteiger charge is -2.24. The molecule has 3 fully saturated rings. The van der Waals surface area contributed by atoms with Crippen molar-refractivity contribution in [1.82, 2.24) is 14.7 Å². The van der Waals surface area contributed by atoms with Crippen LogP contribution in [0.1, 0.15) is 24.4 Å². The monoisotopic (exact) mass is 370 g/mol. The minimum absolute atomic E-state index is 0.0848. The van der Waals surface area contributed by atoms with Crippen LogP contribution in [0.25, 0.3) is 0 Å². The van der Waals surface area contributed by atoms with Crippen molar-refractivity contribution in [2.24, 2.45) is 23.5 Å². The van der Waals surface area contributed by atoms with Crippen molar-refractivity contribution in [2.45, 2.75) is 18.9 Å². The van der Waals surface area contributed by atoms with Gasteiger partial charge in [0.2, 0.25) is 11.8 Å². The minimum Gasteiger partial charge on any atom is -0.345 e. The van der Waals surface area contributed by atoms with Crippen molar-refractivity contribution >= 4 is 11.8 Å². The molecule has 0 aliphatic carbocycles. The van der Waals surface area contributed by atoms with Crippen molar-refractivity contribution in [3.8, 4) is 0 Å². The Morgan fingerprint density at radius 1 is 1.11 bits per heavy atom. The molecule has 0 bridgehead atoms. The first-order valence-electron chi connectivity index (χ1n) is 10.1. The Kier molecular flexibility index (Phi) is 5.19. The van der Waals surface area contributed by atoms with Gasteiger partial charge in [0.05, 0.1) is 5.92 Å². The van der Waals surface area contributed by atoms with E-state index in [1.807, 2.05) is 23.1 Å². The Hall–Kier alpha value is -1.92. The summed E-state index contributed by atoms with van der Waals surface area (Å²) in [5.41, 5.74) is 7.53. The molecule has 0 spiro atoms. The van der Waals surface area contributed by atoms with Crippen LogP contribution in [0.2, 0.25) is 0 Å². The molecule has 0 saturated carbocycles. The van der Waals surface area contributed by atoms with Crippen molar-refractivity contribution in [3.63, 3.8) is 0 Å². The van der Waals surface area contributed by atoms with E-state index in [1.54, 1.807) is 11.9 Å². The number of likely N-dealkylation sites (tertiary alicyclic amines) is 3. The van der Waals surface area contributed by atoms with Gasteiger partial charge in [-0.25, -0.2) is 0 Å². The number of nitrogens with two attached hydrogens (primary N) is 1. The smallest absolute Gasteiger partial charge is 0.228 e. The van der Waals surface area contributed by atoms with Crippen LogP contribution in [0.5, 0.6) is 0 Å². The van der Waals surface area contributed by atoms with E-state index >= 15 is 0 Å². The molecule has 27 heavy (non-hydrogen) atoms. The lowest BCUT2D eigenvalue weighted by molar-refractivity contribution is -0.135. The Balaban J connectivity index is 1.24. The van der Waals surface area contributed by atoms with Gasteiger partial charge in [-0.1, -0.05) is 30.3 Å². The van der Waals surface area contributed by atoms with Crippen LogP contribution in [0.3, 0.4) is 0 Å². The predicted octanol–water partition coefficient (Wildman–Crippen LogP) is 0.945. The summed E-state index contributed by atoms with van der Waals surface area (Å²) < 4.78 is 0. The van der Waals surface area contributed by atoms with Crippen molar-refractivity contribution < 1.29 is 9.59 Å². The second kappa shape index (κ2) is 7.60. The highest BCUT2D eigenvalue weighted by atomic mass is 16.2. The number of carbonyl (C=O) groups is 2. The van der Waals surface area contributed by atoms with E-state index in [4.69, 9.17) is 5.73 Å². The highest BCUT2D eigenvalue weighted by Crippen LogP contribution is 2.33. The topological polar surface area (TPSA) is 69.9 Å². The molecule has 146 valence electrons. The third-order valence-corrected chi connectivity index (χ3v) is 6.55. The summed E-state index contributed by atoms with van der Waals surface area (Å²) in [5, 5.41) is 0. The summed E-state index contributed by atoms with van der Waals surface area (Å²) in [6.07, 6.45) is 1.34. The zero-order chi connectivity index (χ0) is 19.0. The van der Waals surface area contributed by atoms with E-state index in [-0.39, 0.29) is 23.8 Å². The number of benzene rings is 1. The van der Waals surface area contributed by atoms with Gasteiger partial charge in [0.1, 0.15) is 0 Å². The molecule has 3 aliphatic rings. The van der Waals surface area contributed by atoms with Crippen molar-refractivity contribution in [1.29, 1.82) is 0 Å². The number of carbonyl (C=O) groups excluding carboxylic acids is 2. The molecule has 3 unspecified atom stereocenters. The van der Waals surface area contributed by atoms with Crippen LogP contribution in [0.4, 0.5) is 0 Å². The number of rotatable bonds is 5. The van der Waals surface area contributed by atoms with Gasteiger partial charge in [-0.3, -0.25) is 9.59 Å². The maximum Gasteiger partial charge on any atom is 0.228 e. The normalized spacial score (nSPS) is 29.4. The van der Waals surface area contributed by atoms with Gasteiger partial charge in [-0.2, -0.15) is 0 Å². The van der Waals surface area contributed by atoms with E-state index in [0.29, 0.717) is 24.8 Å². The predicted molar refractivity (Wildman–Crippen MR) is 104 cm³/mol. The molecule has 6 heteroatoms. The third kappa shape index (κ3) is 3.87. The van der Waals surface area contributed by atoms with Crippen LogP contribution in [-0.2, 0) is 9.59 Å². The molecule has 2 amide bonds. The molecule has 2 N–H and O–H groups in total. The number of fused-ring (bicyclic) bond motifs is 1. The third-order valence-electron chi connectivity index (χ3n) is 6.55. The highest BCUT2D eigenvalue weighted by Gasteiger charge is 2.44. The van der Waals surface area contributed by atoms with Crippen LogP contribution in [-0.4, -0.2) is 72.8 Å². The van der Waals surface area contributed by atoms with Crippen LogP contribution in [0.15, 0.2) is 30.3 Å². The highest BCUT2D eigenvalue weighted by molar-refractivity contribution is 5.89. The first-order valence-corrected chi connectivity index (χ1v) is 10.1. The standard InChI is InChI=1S/C21H30N4O2/c1-23-10-16(9-20(23)26)21(27)25-13-17-11-24(12-18(17)14-25)8-7-19(22)15-5-3-2-4-6-15/h2-6,16-19H,7-14,22H2,1H3/t16?,17?,18?,19-/m0/s1. The lowest BCUT2D eigenvalue weighted by Crippen LogP contribution is -2.38. The first-order chi connectivity index (χ1) is 13.0. The summed E-state index contributed by atoms with van der Waals surface area (Å²) in [6, 6.07) is 10.4. The molecule has 1 aromatic carbocycles. The lowest BCUT2D eigenvalue weighted by atomic mass is 10.0. The average Bonchev–Trinajstić information content (AvgIpc) is 3.33. The number of hydrogen-bond donors (Lipinski definition) is 1. The van der Waals surface area contributed by atoms with E-state index < -0.39 is 0 Å². The Morgan fingerprint density at radius 3 is 2.37 bits per heavy atom. The summed E-state index contributed by atoms with van der Waals surface area (Å²) in [5.74, 6) is 1.27. The van der Waals surface area contributed by atoms with E-state index in [1.165, 1.54) is 5.56 Å². The Morgan fingerprint density at radius 2 is 1.78 bits per heavy atom. The molecule has 6 nitrogen and oxygen atoms in total. The first kappa shape index (κ1) is 18.4. The largest absolute Gasteiger partial charge is 0.345 e. The molecule has 4 atom stereocenters. The van der Waals surface area contributed by atoms with Crippen molar-refractivity contribution in [3.05, 3.63) is 35.9 Å². The quantitative estimate of drug-likeness (QED) is 0.838. The Bertz CT molecular complexity index is 681. The molecule has 0 aromatic heterocycles. The molecule has 3 heterocycles. The Labute approximate surface area is 161 Å². The van der Waals surface area contributed by atoms with E-state index in [2.05, 4.69) is 17.0 Å². The summed E-state index contributed by atoms with van der Waals surface area (Å²) in [6.45, 7) is 5.39. The summed E-state index contributed by atoms with van der Waals surface area (Å²) in [7, 11) is 1.78. The molecule has 3 aliphatic heterocycles. The average molecular weight is 370 g/mol. The van der Waals surface area contributed by atoms with E-state index in [0.717, 1.165) is 39.1 Å². The molecule has 0 radical (unpaired) electrons. The SMILES string of the molecule is CN1CC(C(=O)N2CC3CN(CC[C@H](N)c4ccccc4)CC3C2)CC1=O. The fraction of sp³-hybridized carbons (Fsp3) is 0.619. The summed E-state index contributed by atoms with van der Waals surface area (Å²) >= 11 is 0. The second-order valence-electron chi connectivity index (χ2n) is 8.50. The van der Waals surface area contributed by atoms with Crippen LogP contribution in [0, 0.1) is 17.8 Å². The molecule has 4 rings (SSSR count). The summed E-state index contributed by atoms with van der Waals surface area (Å²) in [4.78, 5) is 30.6. The van der Waals surface area contributed by atoms with E-state index in [9.17, 15) is 9.59 Å². The van der Waals surface area contributed by atoms with Crippen LogP contribution >= 0.6 is 0 Å². The van der Waals surface area contributed by atoms with Gasteiger partial charge in [0.15, 0.2) is 0 Å². The van der Waals surface area contributed by atoms with Gasteiger partial charge in [-0.15, -0.1) is 0 Å². The number of hydrogen-bond acceptors (Lipinski definition) is 4. The number of amides is 2. The molecule has 1 aromatic rings. The maximum absolute atomic E-state index is 12.7. The zero-order valence-electron chi connectivity index (χ0n) is 16.1.